The minimum absolute atomic E-state index is 0.151. The average Bonchev–Trinajstić information content (AvgIpc) is 2.32. The van der Waals surface area contributed by atoms with Gasteiger partial charge in [0.25, 0.3) is 0 Å². The molecule has 0 bridgehead atoms. The fourth-order valence-corrected chi connectivity index (χ4v) is 1.69. The van der Waals surface area contributed by atoms with Gasteiger partial charge in [-0.3, -0.25) is 0 Å². The Kier molecular flexibility index (Phi) is 6.11. The van der Waals surface area contributed by atoms with E-state index in [1.807, 2.05) is 6.92 Å². The highest BCUT2D eigenvalue weighted by molar-refractivity contribution is 5.30. The van der Waals surface area contributed by atoms with Crippen molar-refractivity contribution in [1.29, 1.82) is 0 Å². The molecule has 19 heavy (non-hydrogen) atoms. The third-order valence-electron chi connectivity index (χ3n) is 2.47. The summed E-state index contributed by atoms with van der Waals surface area (Å²) in [5.41, 5.74) is 0.706. The second kappa shape index (κ2) is 7.35. The summed E-state index contributed by atoms with van der Waals surface area (Å²) in [7, 11) is 1.55. The summed E-state index contributed by atoms with van der Waals surface area (Å²) >= 11 is 0. The van der Waals surface area contributed by atoms with Gasteiger partial charge in [-0.15, -0.1) is 13.2 Å². The summed E-state index contributed by atoms with van der Waals surface area (Å²) < 4.78 is 45.5. The van der Waals surface area contributed by atoms with E-state index in [9.17, 15) is 13.2 Å². The van der Waals surface area contributed by atoms with Crippen molar-refractivity contribution in [3.63, 3.8) is 0 Å². The maximum atomic E-state index is 12.2. The molecule has 0 saturated carbocycles. The molecule has 1 unspecified atom stereocenters. The summed E-state index contributed by atoms with van der Waals surface area (Å²) in [5, 5.41) is 3.21. The predicted molar refractivity (Wildman–Crippen MR) is 66.0 cm³/mol. The van der Waals surface area contributed by atoms with Gasteiger partial charge in [0.2, 0.25) is 0 Å². The zero-order chi connectivity index (χ0) is 14.3. The van der Waals surface area contributed by atoms with E-state index in [0.29, 0.717) is 12.2 Å². The van der Waals surface area contributed by atoms with E-state index in [4.69, 9.17) is 4.74 Å². The molecule has 1 rings (SSSR count). The molecule has 0 spiro atoms. The lowest BCUT2D eigenvalue weighted by atomic mass is 10.1. The van der Waals surface area contributed by atoms with Gasteiger partial charge in [0.05, 0.1) is 12.6 Å². The normalized spacial score (nSPS) is 13.3. The van der Waals surface area contributed by atoms with Gasteiger partial charge >= 0.3 is 6.36 Å². The average molecular weight is 277 g/mol. The van der Waals surface area contributed by atoms with Crippen LogP contribution in [0, 0.1) is 0 Å². The third-order valence-corrected chi connectivity index (χ3v) is 2.47. The molecule has 0 fully saturated rings. The van der Waals surface area contributed by atoms with Crippen molar-refractivity contribution >= 4 is 0 Å². The van der Waals surface area contributed by atoms with Crippen LogP contribution in [-0.2, 0) is 4.74 Å². The maximum absolute atomic E-state index is 12.2. The highest BCUT2D eigenvalue weighted by atomic mass is 19.4. The Morgan fingerprint density at radius 3 is 2.63 bits per heavy atom. The Bertz CT molecular complexity index is 382. The number of hydrogen-bond donors (Lipinski definition) is 1. The van der Waals surface area contributed by atoms with Crippen LogP contribution >= 0.6 is 0 Å². The van der Waals surface area contributed by atoms with Gasteiger partial charge in [0.15, 0.2) is 0 Å². The van der Waals surface area contributed by atoms with Gasteiger partial charge in [0, 0.05) is 7.11 Å². The van der Waals surface area contributed by atoms with E-state index >= 15 is 0 Å². The van der Waals surface area contributed by atoms with E-state index in [1.165, 1.54) is 18.2 Å². The Hall–Kier alpha value is -1.27. The number of hydrogen-bond acceptors (Lipinski definition) is 3. The predicted octanol–water partition coefficient (Wildman–Crippen LogP) is 3.27. The van der Waals surface area contributed by atoms with Gasteiger partial charge in [-0.25, -0.2) is 0 Å². The van der Waals surface area contributed by atoms with Crippen LogP contribution in [0.1, 0.15) is 24.9 Å². The van der Waals surface area contributed by atoms with Crippen molar-refractivity contribution in [2.24, 2.45) is 0 Å². The molecule has 1 aromatic rings. The molecule has 0 aliphatic rings. The Morgan fingerprint density at radius 1 is 1.32 bits per heavy atom. The summed E-state index contributed by atoms with van der Waals surface area (Å²) in [5.74, 6) is -0.218. The molecule has 1 atom stereocenters. The van der Waals surface area contributed by atoms with E-state index in [-0.39, 0.29) is 11.8 Å². The van der Waals surface area contributed by atoms with Crippen LogP contribution in [0.2, 0.25) is 0 Å². The number of benzene rings is 1. The van der Waals surface area contributed by atoms with Crippen LogP contribution in [0.4, 0.5) is 13.2 Å². The zero-order valence-corrected chi connectivity index (χ0v) is 11.0. The topological polar surface area (TPSA) is 30.5 Å². The first-order chi connectivity index (χ1) is 8.96. The van der Waals surface area contributed by atoms with Crippen molar-refractivity contribution in [1.82, 2.24) is 5.32 Å². The third kappa shape index (κ3) is 5.94. The minimum atomic E-state index is -4.67. The first-order valence-electron chi connectivity index (χ1n) is 6.04. The quantitative estimate of drug-likeness (QED) is 0.829. The molecule has 0 radical (unpaired) electrons. The van der Waals surface area contributed by atoms with Crippen LogP contribution < -0.4 is 10.1 Å². The summed E-state index contributed by atoms with van der Waals surface area (Å²) in [4.78, 5) is 0. The number of halogens is 3. The Labute approximate surface area is 110 Å². The SMILES string of the molecule is CCCNC(COC)c1cccc(OC(F)(F)F)c1. The van der Waals surface area contributed by atoms with Crippen molar-refractivity contribution in [3.05, 3.63) is 29.8 Å². The minimum Gasteiger partial charge on any atom is -0.406 e. The second-order valence-electron chi connectivity index (χ2n) is 4.08. The highest BCUT2D eigenvalue weighted by Crippen LogP contribution is 2.25. The Morgan fingerprint density at radius 2 is 2.05 bits per heavy atom. The van der Waals surface area contributed by atoms with E-state index in [0.717, 1.165) is 13.0 Å². The first-order valence-corrected chi connectivity index (χ1v) is 6.04. The largest absolute Gasteiger partial charge is 0.573 e. The monoisotopic (exact) mass is 277 g/mol. The molecular formula is C13H18F3NO2. The second-order valence-corrected chi connectivity index (χ2v) is 4.08. The zero-order valence-electron chi connectivity index (χ0n) is 11.0. The van der Waals surface area contributed by atoms with Crippen molar-refractivity contribution in [2.45, 2.75) is 25.7 Å². The lowest BCUT2D eigenvalue weighted by molar-refractivity contribution is -0.274. The van der Waals surface area contributed by atoms with Crippen LogP contribution in [0.15, 0.2) is 24.3 Å². The summed E-state index contributed by atoms with van der Waals surface area (Å²) in [6, 6.07) is 5.78. The van der Waals surface area contributed by atoms with Gasteiger partial charge in [-0.05, 0) is 30.7 Å². The van der Waals surface area contributed by atoms with Crippen LogP contribution in [0.5, 0.6) is 5.75 Å². The van der Waals surface area contributed by atoms with Crippen molar-refractivity contribution in [3.8, 4) is 5.75 Å². The Balaban J connectivity index is 2.81. The first kappa shape index (κ1) is 15.8. The number of nitrogens with one attached hydrogen (secondary N) is 1. The van der Waals surface area contributed by atoms with Gasteiger partial charge < -0.3 is 14.8 Å². The molecule has 0 heterocycles. The molecular weight excluding hydrogens is 259 g/mol. The molecule has 0 aliphatic carbocycles. The fraction of sp³-hybridized carbons (Fsp3) is 0.538. The van der Waals surface area contributed by atoms with Crippen LogP contribution in [-0.4, -0.2) is 26.6 Å². The van der Waals surface area contributed by atoms with Gasteiger partial charge in [-0.2, -0.15) is 0 Å². The summed E-state index contributed by atoms with van der Waals surface area (Å²) in [6.07, 6.45) is -3.74. The van der Waals surface area contributed by atoms with Crippen molar-refractivity contribution < 1.29 is 22.6 Å². The van der Waals surface area contributed by atoms with Crippen molar-refractivity contribution in [2.75, 3.05) is 20.3 Å². The number of alkyl halides is 3. The van der Waals surface area contributed by atoms with E-state index in [1.54, 1.807) is 13.2 Å². The molecule has 1 aromatic carbocycles. The molecule has 6 heteroatoms. The van der Waals surface area contributed by atoms with Crippen LogP contribution in [0.3, 0.4) is 0 Å². The molecule has 0 amide bonds. The van der Waals surface area contributed by atoms with Gasteiger partial charge in [0.1, 0.15) is 5.75 Å². The standard InChI is InChI=1S/C13H18F3NO2/c1-3-7-17-12(9-18-2)10-5-4-6-11(8-10)19-13(14,15)16/h4-6,8,12,17H,3,7,9H2,1-2H3. The molecule has 0 saturated heterocycles. The lowest BCUT2D eigenvalue weighted by Crippen LogP contribution is -2.26. The lowest BCUT2D eigenvalue weighted by Gasteiger charge is -2.19. The maximum Gasteiger partial charge on any atom is 0.573 e. The van der Waals surface area contributed by atoms with Gasteiger partial charge in [-0.1, -0.05) is 19.1 Å². The highest BCUT2D eigenvalue weighted by Gasteiger charge is 2.31. The number of methoxy groups -OCH3 is 1. The smallest absolute Gasteiger partial charge is 0.406 e. The fourth-order valence-electron chi connectivity index (χ4n) is 1.69. The van der Waals surface area contributed by atoms with E-state index in [2.05, 4.69) is 10.1 Å². The summed E-state index contributed by atoms with van der Waals surface area (Å²) in [6.45, 7) is 3.16. The molecule has 108 valence electrons. The molecule has 0 aliphatic heterocycles. The van der Waals surface area contributed by atoms with E-state index < -0.39 is 6.36 Å². The number of rotatable bonds is 7. The molecule has 3 nitrogen and oxygen atoms in total. The van der Waals surface area contributed by atoms with Crippen LogP contribution in [0.25, 0.3) is 0 Å². The molecule has 0 aromatic heterocycles. The molecule has 1 N–H and O–H groups in total. The number of ether oxygens (including phenoxy) is 2.